The van der Waals surface area contributed by atoms with Crippen molar-refractivity contribution in [3.8, 4) is 0 Å². The highest BCUT2D eigenvalue weighted by Crippen LogP contribution is 2.25. The lowest BCUT2D eigenvalue weighted by Crippen LogP contribution is -2.38. The average molecular weight is 350 g/mol. The number of carbonyl (C=O) groups excluding carboxylic acids is 2. The molecule has 0 aliphatic carbocycles. The minimum atomic E-state index is -0.770. The standard InChI is InChI=1S/C12H14BrClN2O3/c1-7(6-17)5-15-11(18)12(19)16-10-3-2-8(14)4-9(10)13/h2-4,7,17H,5-6H2,1H3,(H,15,18)(H,16,19). The van der Waals surface area contributed by atoms with Gasteiger partial charge in [-0.25, -0.2) is 0 Å². The van der Waals surface area contributed by atoms with Crippen molar-refractivity contribution < 1.29 is 14.7 Å². The Labute approximate surface area is 124 Å². The fourth-order valence-electron chi connectivity index (χ4n) is 1.18. The molecule has 7 heteroatoms. The average Bonchev–Trinajstić information content (AvgIpc) is 2.38. The molecule has 1 atom stereocenters. The number of halogens is 2. The number of anilines is 1. The molecule has 0 spiro atoms. The number of rotatable bonds is 4. The van der Waals surface area contributed by atoms with Crippen LogP contribution < -0.4 is 10.6 Å². The fraction of sp³-hybridized carbons (Fsp3) is 0.333. The van der Waals surface area contributed by atoms with E-state index in [4.69, 9.17) is 16.7 Å². The van der Waals surface area contributed by atoms with Crippen LogP contribution >= 0.6 is 27.5 Å². The zero-order valence-electron chi connectivity index (χ0n) is 10.2. The van der Waals surface area contributed by atoms with Gasteiger partial charge in [-0.1, -0.05) is 18.5 Å². The second kappa shape index (κ2) is 7.47. The van der Waals surface area contributed by atoms with Gasteiger partial charge in [0.15, 0.2) is 0 Å². The highest BCUT2D eigenvalue weighted by Gasteiger charge is 2.15. The molecule has 0 aromatic heterocycles. The number of aliphatic hydroxyl groups is 1. The summed E-state index contributed by atoms with van der Waals surface area (Å²) >= 11 is 9.01. The predicted molar refractivity (Wildman–Crippen MR) is 77.0 cm³/mol. The number of nitrogens with one attached hydrogen (secondary N) is 2. The monoisotopic (exact) mass is 348 g/mol. The van der Waals surface area contributed by atoms with E-state index >= 15 is 0 Å². The molecule has 1 unspecified atom stereocenters. The van der Waals surface area contributed by atoms with Crippen molar-refractivity contribution in [3.05, 3.63) is 27.7 Å². The van der Waals surface area contributed by atoms with Gasteiger partial charge in [0.1, 0.15) is 0 Å². The number of benzene rings is 1. The van der Waals surface area contributed by atoms with Crippen molar-refractivity contribution >= 4 is 45.0 Å². The lowest BCUT2D eigenvalue weighted by molar-refractivity contribution is -0.136. The maximum Gasteiger partial charge on any atom is 0.313 e. The minimum Gasteiger partial charge on any atom is -0.396 e. The smallest absolute Gasteiger partial charge is 0.313 e. The van der Waals surface area contributed by atoms with Gasteiger partial charge < -0.3 is 15.7 Å². The van der Waals surface area contributed by atoms with Gasteiger partial charge in [-0.2, -0.15) is 0 Å². The van der Waals surface area contributed by atoms with Crippen molar-refractivity contribution in [1.82, 2.24) is 5.32 Å². The van der Waals surface area contributed by atoms with E-state index in [2.05, 4.69) is 26.6 Å². The highest BCUT2D eigenvalue weighted by molar-refractivity contribution is 9.10. The fourth-order valence-corrected chi connectivity index (χ4v) is 1.96. The first-order valence-corrected chi connectivity index (χ1v) is 6.76. The number of carbonyl (C=O) groups is 2. The number of amides is 2. The van der Waals surface area contributed by atoms with Crippen LogP contribution in [-0.2, 0) is 9.59 Å². The maximum atomic E-state index is 11.6. The van der Waals surface area contributed by atoms with Gasteiger partial charge in [0, 0.05) is 22.6 Å². The van der Waals surface area contributed by atoms with E-state index in [-0.39, 0.29) is 19.1 Å². The normalized spacial score (nSPS) is 11.8. The van der Waals surface area contributed by atoms with Gasteiger partial charge in [-0.3, -0.25) is 9.59 Å². The third-order valence-corrected chi connectivity index (χ3v) is 3.20. The Kier molecular flexibility index (Phi) is 6.27. The van der Waals surface area contributed by atoms with Gasteiger partial charge in [-0.05, 0) is 40.0 Å². The Morgan fingerprint density at radius 1 is 1.42 bits per heavy atom. The summed E-state index contributed by atoms with van der Waals surface area (Å²) in [7, 11) is 0. The summed E-state index contributed by atoms with van der Waals surface area (Å²) in [5.74, 6) is -1.62. The lowest BCUT2D eigenvalue weighted by Gasteiger charge is -2.10. The van der Waals surface area contributed by atoms with Crippen LogP contribution in [0.15, 0.2) is 22.7 Å². The minimum absolute atomic E-state index is 0.0510. The van der Waals surface area contributed by atoms with E-state index in [0.717, 1.165) is 0 Å². The van der Waals surface area contributed by atoms with E-state index < -0.39 is 11.8 Å². The van der Waals surface area contributed by atoms with E-state index in [1.807, 2.05) is 0 Å². The van der Waals surface area contributed by atoms with E-state index in [0.29, 0.717) is 15.2 Å². The molecule has 1 aromatic rings. The molecule has 1 rings (SSSR count). The topological polar surface area (TPSA) is 78.4 Å². The molecule has 2 amide bonds. The highest BCUT2D eigenvalue weighted by atomic mass is 79.9. The SMILES string of the molecule is CC(CO)CNC(=O)C(=O)Nc1ccc(Cl)cc1Br. The summed E-state index contributed by atoms with van der Waals surface area (Å²) in [6, 6.07) is 4.81. The summed E-state index contributed by atoms with van der Waals surface area (Å²) in [6.07, 6.45) is 0. The molecule has 0 saturated carbocycles. The van der Waals surface area contributed by atoms with Crippen LogP contribution in [0.4, 0.5) is 5.69 Å². The first kappa shape index (κ1) is 15.9. The molecule has 19 heavy (non-hydrogen) atoms. The first-order valence-electron chi connectivity index (χ1n) is 5.59. The van der Waals surface area contributed by atoms with Gasteiger partial charge in [0.05, 0.1) is 5.69 Å². The Balaban J connectivity index is 2.56. The molecule has 0 aliphatic heterocycles. The third-order valence-electron chi connectivity index (χ3n) is 2.31. The van der Waals surface area contributed by atoms with E-state index in [9.17, 15) is 9.59 Å². The van der Waals surface area contributed by atoms with Crippen molar-refractivity contribution in [1.29, 1.82) is 0 Å². The summed E-state index contributed by atoms with van der Waals surface area (Å²) < 4.78 is 0.588. The van der Waals surface area contributed by atoms with Crippen LogP contribution in [0.1, 0.15) is 6.92 Å². The third kappa shape index (κ3) is 5.18. The van der Waals surface area contributed by atoms with Crippen LogP contribution in [0.5, 0.6) is 0 Å². The Morgan fingerprint density at radius 3 is 2.68 bits per heavy atom. The van der Waals surface area contributed by atoms with Crippen molar-refractivity contribution in [2.75, 3.05) is 18.5 Å². The van der Waals surface area contributed by atoms with Crippen LogP contribution in [0, 0.1) is 5.92 Å². The van der Waals surface area contributed by atoms with Gasteiger partial charge in [0.25, 0.3) is 0 Å². The largest absolute Gasteiger partial charge is 0.396 e. The second-order valence-electron chi connectivity index (χ2n) is 4.08. The summed E-state index contributed by atoms with van der Waals surface area (Å²) in [5.41, 5.74) is 0.458. The molecule has 0 radical (unpaired) electrons. The maximum absolute atomic E-state index is 11.6. The van der Waals surface area contributed by atoms with Gasteiger partial charge >= 0.3 is 11.8 Å². The molecule has 3 N–H and O–H groups in total. The quantitative estimate of drug-likeness (QED) is 0.725. The molecule has 5 nitrogen and oxygen atoms in total. The van der Waals surface area contributed by atoms with Crippen LogP contribution in [0.25, 0.3) is 0 Å². The van der Waals surface area contributed by atoms with Crippen molar-refractivity contribution in [2.24, 2.45) is 5.92 Å². The first-order chi connectivity index (χ1) is 8.93. The zero-order valence-corrected chi connectivity index (χ0v) is 12.6. The lowest BCUT2D eigenvalue weighted by atomic mass is 10.2. The van der Waals surface area contributed by atoms with Gasteiger partial charge in [0.2, 0.25) is 0 Å². The molecule has 1 aromatic carbocycles. The Morgan fingerprint density at radius 2 is 2.11 bits per heavy atom. The summed E-state index contributed by atoms with van der Waals surface area (Å²) in [5, 5.41) is 14.2. The summed E-state index contributed by atoms with van der Waals surface area (Å²) in [4.78, 5) is 23.1. The van der Waals surface area contributed by atoms with Crippen LogP contribution in [0.3, 0.4) is 0 Å². The molecule has 0 fully saturated rings. The number of hydrogen-bond acceptors (Lipinski definition) is 3. The van der Waals surface area contributed by atoms with Crippen molar-refractivity contribution in [3.63, 3.8) is 0 Å². The second-order valence-corrected chi connectivity index (χ2v) is 5.37. The van der Waals surface area contributed by atoms with E-state index in [1.54, 1.807) is 25.1 Å². The zero-order chi connectivity index (χ0) is 14.4. The molecular formula is C12H14BrClN2O3. The molecular weight excluding hydrogens is 336 g/mol. The Bertz CT molecular complexity index is 482. The van der Waals surface area contributed by atoms with Crippen LogP contribution in [-0.4, -0.2) is 30.1 Å². The molecule has 0 saturated heterocycles. The van der Waals surface area contributed by atoms with Crippen LogP contribution in [0.2, 0.25) is 5.02 Å². The molecule has 0 heterocycles. The number of hydrogen-bond donors (Lipinski definition) is 3. The molecule has 0 bridgehead atoms. The predicted octanol–water partition coefficient (Wildman–Crippen LogP) is 1.79. The summed E-state index contributed by atoms with van der Waals surface area (Å²) in [6.45, 7) is 1.95. The Hall–Kier alpha value is -1.11. The molecule has 104 valence electrons. The van der Waals surface area contributed by atoms with Gasteiger partial charge in [-0.15, -0.1) is 0 Å². The molecule has 0 aliphatic rings. The number of aliphatic hydroxyl groups excluding tert-OH is 1. The van der Waals surface area contributed by atoms with E-state index in [1.165, 1.54) is 0 Å². The van der Waals surface area contributed by atoms with Crippen molar-refractivity contribution in [2.45, 2.75) is 6.92 Å².